The third kappa shape index (κ3) is 5.62. The lowest BCUT2D eigenvalue weighted by molar-refractivity contribution is -0.118. The first-order chi connectivity index (χ1) is 13.9. The smallest absolute Gasteiger partial charge is 0.268 e. The van der Waals surface area contributed by atoms with E-state index in [-0.39, 0.29) is 23.5 Å². The lowest BCUT2D eigenvalue weighted by Crippen LogP contribution is -2.36. The van der Waals surface area contributed by atoms with Crippen molar-refractivity contribution in [3.8, 4) is 0 Å². The number of carbonyl (C=O) groups excluding carboxylic acids is 2. The SMILES string of the molecule is Cc1cccc(C(=O)N/C(=C\c2cccs2)C(=O)N[C@@H](C)c2ccc(F)cc2)c1. The van der Waals surface area contributed by atoms with Gasteiger partial charge in [-0.1, -0.05) is 35.9 Å². The van der Waals surface area contributed by atoms with Gasteiger partial charge in [0.2, 0.25) is 0 Å². The average molecular weight is 408 g/mol. The van der Waals surface area contributed by atoms with Gasteiger partial charge in [-0.3, -0.25) is 9.59 Å². The Bertz CT molecular complexity index is 1030. The number of halogens is 1. The third-order valence-electron chi connectivity index (χ3n) is 4.32. The molecular weight excluding hydrogens is 387 g/mol. The maximum Gasteiger partial charge on any atom is 0.268 e. The summed E-state index contributed by atoms with van der Waals surface area (Å²) in [6.07, 6.45) is 1.64. The normalized spacial score (nSPS) is 12.3. The molecule has 6 heteroatoms. The quantitative estimate of drug-likeness (QED) is 0.573. The first-order valence-corrected chi connectivity index (χ1v) is 10.00. The molecule has 148 valence electrons. The first-order valence-electron chi connectivity index (χ1n) is 9.12. The zero-order chi connectivity index (χ0) is 20.8. The highest BCUT2D eigenvalue weighted by Gasteiger charge is 2.17. The summed E-state index contributed by atoms with van der Waals surface area (Å²) >= 11 is 1.46. The van der Waals surface area contributed by atoms with Gasteiger partial charge in [0.05, 0.1) is 6.04 Å². The van der Waals surface area contributed by atoms with Crippen LogP contribution in [0, 0.1) is 12.7 Å². The van der Waals surface area contributed by atoms with Crippen LogP contribution in [0.5, 0.6) is 0 Å². The van der Waals surface area contributed by atoms with E-state index in [9.17, 15) is 14.0 Å². The third-order valence-corrected chi connectivity index (χ3v) is 5.14. The number of amides is 2. The lowest BCUT2D eigenvalue weighted by atomic mass is 10.1. The Balaban J connectivity index is 1.80. The Morgan fingerprint density at radius 1 is 1.07 bits per heavy atom. The Labute approximate surface area is 173 Å². The first kappa shape index (κ1) is 20.5. The van der Waals surface area contributed by atoms with E-state index in [2.05, 4.69) is 10.6 Å². The van der Waals surface area contributed by atoms with Gasteiger partial charge in [0.1, 0.15) is 11.5 Å². The zero-order valence-corrected chi connectivity index (χ0v) is 16.9. The van der Waals surface area contributed by atoms with Gasteiger partial charge < -0.3 is 10.6 Å². The van der Waals surface area contributed by atoms with Gasteiger partial charge in [-0.25, -0.2) is 4.39 Å². The van der Waals surface area contributed by atoms with Crippen LogP contribution in [0.25, 0.3) is 6.08 Å². The van der Waals surface area contributed by atoms with Crippen molar-refractivity contribution in [2.24, 2.45) is 0 Å². The highest BCUT2D eigenvalue weighted by molar-refractivity contribution is 7.10. The summed E-state index contributed by atoms with van der Waals surface area (Å²) in [6.45, 7) is 3.70. The van der Waals surface area contributed by atoms with Crippen LogP contribution in [0.4, 0.5) is 4.39 Å². The van der Waals surface area contributed by atoms with Crippen LogP contribution in [0.3, 0.4) is 0 Å². The summed E-state index contributed by atoms with van der Waals surface area (Å²) in [4.78, 5) is 26.4. The molecule has 1 heterocycles. The van der Waals surface area contributed by atoms with Gasteiger partial charge in [-0.05, 0) is 61.2 Å². The summed E-state index contributed by atoms with van der Waals surface area (Å²) < 4.78 is 13.1. The number of hydrogen-bond donors (Lipinski definition) is 2. The number of benzene rings is 2. The largest absolute Gasteiger partial charge is 0.344 e. The van der Waals surface area contributed by atoms with E-state index >= 15 is 0 Å². The summed E-state index contributed by atoms with van der Waals surface area (Å²) in [5.41, 5.74) is 2.34. The van der Waals surface area contributed by atoms with Gasteiger partial charge in [0.15, 0.2) is 0 Å². The lowest BCUT2D eigenvalue weighted by Gasteiger charge is -2.16. The maximum absolute atomic E-state index is 13.1. The van der Waals surface area contributed by atoms with Crippen LogP contribution in [0.1, 0.15) is 39.3 Å². The molecule has 0 unspecified atom stereocenters. The number of aryl methyl sites for hydroxylation is 1. The number of nitrogens with one attached hydrogen (secondary N) is 2. The molecule has 0 aliphatic carbocycles. The Morgan fingerprint density at radius 2 is 1.83 bits per heavy atom. The minimum atomic E-state index is -0.420. The maximum atomic E-state index is 13.1. The molecule has 2 aromatic carbocycles. The summed E-state index contributed by atoms with van der Waals surface area (Å²) in [6, 6.07) is 16.5. The molecule has 29 heavy (non-hydrogen) atoms. The van der Waals surface area contributed by atoms with Crippen LogP contribution < -0.4 is 10.6 Å². The Morgan fingerprint density at radius 3 is 2.48 bits per heavy atom. The second kappa shape index (κ2) is 9.30. The molecule has 0 fully saturated rings. The van der Waals surface area contributed by atoms with Crippen molar-refractivity contribution >= 4 is 29.2 Å². The fourth-order valence-corrected chi connectivity index (χ4v) is 3.42. The minimum absolute atomic E-state index is 0.146. The molecule has 2 amide bonds. The molecule has 0 radical (unpaired) electrons. The highest BCUT2D eigenvalue weighted by Crippen LogP contribution is 2.16. The summed E-state index contributed by atoms with van der Waals surface area (Å²) in [5.74, 6) is -1.12. The monoisotopic (exact) mass is 408 g/mol. The molecule has 2 N–H and O–H groups in total. The van der Waals surface area contributed by atoms with Crippen molar-refractivity contribution in [1.29, 1.82) is 0 Å². The Kier molecular flexibility index (Phi) is 6.57. The van der Waals surface area contributed by atoms with E-state index in [1.165, 1.54) is 23.5 Å². The average Bonchev–Trinajstić information content (AvgIpc) is 3.21. The zero-order valence-electron chi connectivity index (χ0n) is 16.1. The number of hydrogen-bond acceptors (Lipinski definition) is 3. The Hall–Kier alpha value is -3.25. The van der Waals surface area contributed by atoms with E-state index in [0.717, 1.165) is 16.0 Å². The predicted molar refractivity (Wildman–Crippen MR) is 114 cm³/mol. The van der Waals surface area contributed by atoms with Crippen molar-refractivity contribution in [3.63, 3.8) is 0 Å². The molecule has 0 saturated carbocycles. The van der Waals surface area contributed by atoms with Gasteiger partial charge in [-0.15, -0.1) is 11.3 Å². The molecule has 1 atom stereocenters. The van der Waals surface area contributed by atoms with Crippen LogP contribution in [0.15, 0.2) is 71.7 Å². The molecule has 3 rings (SSSR count). The molecular formula is C23H21FN2O2S. The second-order valence-corrected chi connectivity index (χ2v) is 7.62. The van der Waals surface area contributed by atoms with Crippen molar-refractivity contribution in [1.82, 2.24) is 10.6 Å². The van der Waals surface area contributed by atoms with Gasteiger partial charge in [0, 0.05) is 10.4 Å². The molecule has 0 aliphatic rings. The molecule has 0 bridgehead atoms. The van der Waals surface area contributed by atoms with E-state index in [0.29, 0.717) is 5.56 Å². The minimum Gasteiger partial charge on any atom is -0.344 e. The standard InChI is InChI=1S/C23H21FN2O2S/c1-15-5-3-6-18(13-15)22(27)26-21(14-20-7-4-12-29-20)23(28)25-16(2)17-8-10-19(24)11-9-17/h3-14,16H,1-2H3,(H,25,28)(H,26,27)/b21-14-/t16-/m0/s1. The van der Waals surface area contributed by atoms with Crippen molar-refractivity contribution < 1.29 is 14.0 Å². The molecule has 0 aliphatic heterocycles. The van der Waals surface area contributed by atoms with E-state index < -0.39 is 5.91 Å². The van der Waals surface area contributed by atoms with Crippen LogP contribution in [-0.4, -0.2) is 11.8 Å². The van der Waals surface area contributed by atoms with Crippen molar-refractivity contribution in [3.05, 3.63) is 99.1 Å². The number of carbonyl (C=O) groups is 2. The van der Waals surface area contributed by atoms with Crippen LogP contribution in [-0.2, 0) is 4.79 Å². The van der Waals surface area contributed by atoms with Crippen molar-refractivity contribution in [2.75, 3.05) is 0 Å². The molecule has 1 aromatic heterocycles. The summed E-state index contributed by atoms with van der Waals surface area (Å²) in [5, 5.41) is 7.47. The molecule has 4 nitrogen and oxygen atoms in total. The second-order valence-electron chi connectivity index (χ2n) is 6.64. The highest BCUT2D eigenvalue weighted by atomic mass is 32.1. The molecule has 0 saturated heterocycles. The van der Waals surface area contributed by atoms with E-state index in [1.54, 1.807) is 43.3 Å². The van der Waals surface area contributed by atoms with Gasteiger partial charge >= 0.3 is 0 Å². The predicted octanol–water partition coefficient (Wildman–Crippen LogP) is 4.84. The topological polar surface area (TPSA) is 58.2 Å². The van der Waals surface area contributed by atoms with E-state index in [4.69, 9.17) is 0 Å². The van der Waals surface area contributed by atoms with E-state index in [1.807, 2.05) is 30.5 Å². The van der Waals surface area contributed by atoms with Crippen LogP contribution >= 0.6 is 11.3 Å². The van der Waals surface area contributed by atoms with Gasteiger partial charge in [-0.2, -0.15) is 0 Å². The number of rotatable bonds is 6. The van der Waals surface area contributed by atoms with Crippen molar-refractivity contribution in [2.45, 2.75) is 19.9 Å². The fraction of sp³-hybridized carbons (Fsp3) is 0.130. The number of thiophene rings is 1. The molecule has 3 aromatic rings. The fourth-order valence-electron chi connectivity index (χ4n) is 2.76. The molecule has 0 spiro atoms. The van der Waals surface area contributed by atoms with Crippen LogP contribution in [0.2, 0.25) is 0 Å². The summed E-state index contributed by atoms with van der Waals surface area (Å²) in [7, 11) is 0. The van der Waals surface area contributed by atoms with Gasteiger partial charge in [0.25, 0.3) is 11.8 Å².